The van der Waals surface area contributed by atoms with Gasteiger partial charge in [0.05, 0.1) is 20.2 Å². The molecule has 10 heteroatoms. The monoisotopic (exact) mass is 398 g/mol. The molecular formula is C19H22N6O4. The molecule has 1 aliphatic rings. The van der Waals surface area contributed by atoms with Crippen molar-refractivity contribution in [2.45, 2.75) is 6.23 Å². The normalized spacial score (nSPS) is 17.0. The number of carbonyl (C=O) groups excluding carboxylic acids is 2. The molecule has 1 saturated heterocycles. The number of piperazine rings is 1. The van der Waals surface area contributed by atoms with E-state index in [0.29, 0.717) is 18.7 Å². The number of nitrogens with two attached hydrogens (primary N) is 1. The molecule has 0 radical (unpaired) electrons. The summed E-state index contributed by atoms with van der Waals surface area (Å²) in [5.41, 5.74) is 7.62. The second-order valence-corrected chi connectivity index (χ2v) is 6.56. The molecular weight excluding hydrogens is 376 g/mol. The number of benzene rings is 1. The van der Waals surface area contributed by atoms with Crippen LogP contribution in [0.25, 0.3) is 11.1 Å². The van der Waals surface area contributed by atoms with Crippen molar-refractivity contribution in [2.24, 2.45) is 5.73 Å². The summed E-state index contributed by atoms with van der Waals surface area (Å²) in [5.74, 6) is -0.815. The van der Waals surface area contributed by atoms with Crippen LogP contribution in [0.5, 0.6) is 0 Å². The van der Waals surface area contributed by atoms with E-state index in [4.69, 9.17) is 11.1 Å². The number of nitrogens with one attached hydrogen (secondary N) is 1. The summed E-state index contributed by atoms with van der Waals surface area (Å²) in [5, 5.41) is 17.6. The highest BCUT2D eigenvalue weighted by Gasteiger charge is 2.30. The Hall–Kier alpha value is -3.37. The molecule has 1 amide bonds. The highest BCUT2D eigenvalue weighted by Crippen LogP contribution is 2.18. The molecule has 0 spiro atoms. The van der Waals surface area contributed by atoms with E-state index in [1.807, 2.05) is 0 Å². The second-order valence-electron chi connectivity index (χ2n) is 6.56. The van der Waals surface area contributed by atoms with E-state index in [-0.39, 0.29) is 30.7 Å². The number of aliphatic hydroxyl groups is 1. The third kappa shape index (κ3) is 4.73. The average molecular weight is 398 g/mol. The van der Waals surface area contributed by atoms with Crippen LogP contribution in [0, 0.1) is 5.41 Å². The van der Waals surface area contributed by atoms with E-state index >= 15 is 0 Å². The molecule has 1 fully saturated rings. The van der Waals surface area contributed by atoms with Gasteiger partial charge < -0.3 is 20.5 Å². The summed E-state index contributed by atoms with van der Waals surface area (Å²) >= 11 is 0. The van der Waals surface area contributed by atoms with Crippen LogP contribution in [0.2, 0.25) is 0 Å². The van der Waals surface area contributed by atoms with Gasteiger partial charge in [-0.1, -0.05) is 24.3 Å². The molecule has 4 N–H and O–H groups in total. The molecule has 29 heavy (non-hydrogen) atoms. The fraction of sp³-hybridized carbons (Fsp3) is 0.316. The zero-order valence-electron chi connectivity index (χ0n) is 15.9. The fourth-order valence-electron chi connectivity index (χ4n) is 2.97. The molecule has 1 atom stereocenters. The smallest absolute Gasteiger partial charge is 0.319 e. The Labute approximate surface area is 167 Å². The van der Waals surface area contributed by atoms with Crippen molar-refractivity contribution in [1.29, 1.82) is 5.41 Å². The Bertz CT molecular complexity index is 900. The lowest BCUT2D eigenvalue weighted by atomic mass is 10.1. The van der Waals surface area contributed by atoms with E-state index < -0.39 is 12.2 Å². The van der Waals surface area contributed by atoms with Gasteiger partial charge in [0.15, 0.2) is 0 Å². The SMILES string of the molecule is COC(=O)CN1CCN(C(=O)c2ncc(-c3ccc(C(=N)N)cc3)cn2)CC1O. The molecule has 10 nitrogen and oxygen atoms in total. The minimum atomic E-state index is -0.967. The lowest BCUT2D eigenvalue weighted by molar-refractivity contribution is -0.146. The number of hydrogen-bond acceptors (Lipinski definition) is 8. The highest BCUT2D eigenvalue weighted by molar-refractivity contribution is 5.95. The van der Waals surface area contributed by atoms with Crippen LogP contribution in [0.4, 0.5) is 0 Å². The number of nitrogen functional groups attached to an aromatic ring is 1. The zero-order chi connectivity index (χ0) is 21.0. The fourth-order valence-corrected chi connectivity index (χ4v) is 2.97. The number of nitrogens with zero attached hydrogens (tertiary/aromatic N) is 4. The number of β-amino-alcohol motifs (C(OH)–C–C–N with tert-alkyl or cyclic N) is 1. The van der Waals surface area contributed by atoms with E-state index in [2.05, 4.69) is 14.7 Å². The van der Waals surface area contributed by atoms with Crippen LogP contribution in [-0.4, -0.2) is 82.1 Å². The van der Waals surface area contributed by atoms with Gasteiger partial charge in [-0.05, 0) is 5.56 Å². The summed E-state index contributed by atoms with van der Waals surface area (Å²) in [6, 6.07) is 7.06. The number of ether oxygens (including phenoxy) is 1. The van der Waals surface area contributed by atoms with Crippen molar-refractivity contribution in [3.8, 4) is 11.1 Å². The minimum absolute atomic E-state index is 0.0115. The van der Waals surface area contributed by atoms with Gasteiger partial charge in [-0.25, -0.2) is 9.97 Å². The molecule has 3 rings (SSSR count). The molecule has 1 aromatic carbocycles. The van der Waals surface area contributed by atoms with E-state index in [9.17, 15) is 14.7 Å². The third-order valence-corrected chi connectivity index (χ3v) is 4.68. The van der Waals surface area contributed by atoms with Crippen molar-refractivity contribution in [3.63, 3.8) is 0 Å². The predicted octanol–water partition coefficient (Wildman–Crippen LogP) is -0.323. The standard InChI is InChI=1S/C19H22N6O4/c1-29-16(27)11-24-6-7-25(10-15(24)26)19(28)18-22-8-14(9-23-18)12-2-4-13(5-3-12)17(20)21/h2-5,8-9,15,26H,6-7,10-11H2,1H3,(H3,20,21). The van der Waals surface area contributed by atoms with Crippen LogP contribution in [-0.2, 0) is 9.53 Å². The number of carbonyl (C=O) groups is 2. The number of amides is 1. The first-order valence-corrected chi connectivity index (χ1v) is 8.94. The van der Waals surface area contributed by atoms with Gasteiger partial charge in [-0.3, -0.25) is 19.9 Å². The van der Waals surface area contributed by atoms with Crippen LogP contribution in [0.1, 0.15) is 16.2 Å². The number of methoxy groups -OCH3 is 1. The minimum Gasteiger partial charge on any atom is -0.468 e. The van der Waals surface area contributed by atoms with Crippen LogP contribution >= 0.6 is 0 Å². The van der Waals surface area contributed by atoms with E-state index in [1.165, 1.54) is 12.0 Å². The molecule has 152 valence electrons. The number of esters is 1. The number of aromatic nitrogens is 2. The molecule has 0 aliphatic carbocycles. The molecule has 1 aromatic heterocycles. The van der Waals surface area contributed by atoms with Gasteiger partial charge in [-0.2, -0.15) is 0 Å². The van der Waals surface area contributed by atoms with Crippen LogP contribution < -0.4 is 5.73 Å². The van der Waals surface area contributed by atoms with Crippen molar-refractivity contribution in [3.05, 3.63) is 48.0 Å². The molecule has 1 unspecified atom stereocenters. The number of amidine groups is 1. The quantitative estimate of drug-likeness (QED) is 0.353. The highest BCUT2D eigenvalue weighted by atomic mass is 16.5. The summed E-state index contributed by atoms with van der Waals surface area (Å²) < 4.78 is 4.60. The average Bonchev–Trinajstić information content (AvgIpc) is 2.74. The summed E-state index contributed by atoms with van der Waals surface area (Å²) in [6.07, 6.45) is 2.13. The first-order chi connectivity index (χ1) is 13.9. The van der Waals surface area contributed by atoms with Crippen molar-refractivity contribution < 1.29 is 19.4 Å². The predicted molar refractivity (Wildman–Crippen MR) is 104 cm³/mol. The van der Waals surface area contributed by atoms with Crippen molar-refractivity contribution >= 4 is 17.7 Å². The summed E-state index contributed by atoms with van der Waals surface area (Å²) in [7, 11) is 1.28. The third-order valence-electron chi connectivity index (χ3n) is 4.68. The number of hydrogen-bond donors (Lipinski definition) is 3. The van der Waals surface area contributed by atoms with Gasteiger partial charge in [-0.15, -0.1) is 0 Å². The number of aliphatic hydroxyl groups excluding tert-OH is 1. The molecule has 2 aromatic rings. The van der Waals surface area contributed by atoms with Crippen molar-refractivity contribution in [1.82, 2.24) is 19.8 Å². The van der Waals surface area contributed by atoms with E-state index in [1.54, 1.807) is 41.6 Å². The Kier molecular flexibility index (Phi) is 6.15. The topological polar surface area (TPSA) is 146 Å². The van der Waals surface area contributed by atoms with Gasteiger partial charge >= 0.3 is 5.97 Å². The molecule has 2 heterocycles. The van der Waals surface area contributed by atoms with Gasteiger partial charge in [0, 0.05) is 36.6 Å². The van der Waals surface area contributed by atoms with Crippen LogP contribution in [0.15, 0.2) is 36.7 Å². The van der Waals surface area contributed by atoms with Gasteiger partial charge in [0.1, 0.15) is 12.1 Å². The van der Waals surface area contributed by atoms with Gasteiger partial charge in [0.2, 0.25) is 5.82 Å². The maximum Gasteiger partial charge on any atom is 0.319 e. The lowest BCUT2D eigenvalue weighted by Crippen LogP contribution is -2.56. The number of rotatable bonds is 5. The Balaban J connectivity index is 1.65. The Morgan fingerprint density at radius 3 is 2.41 bits per heavy atom. The Morgan fingerprint density at radius 1 is 1.21 bits per heavy atom. The van der Waals surface area contributed by atoms with E-state index in [0.717, 1.165) is 11.1 Å². The first-order valence-electron chi connectivity index (χ1n) is 8.94. The molecule has 0 bridgehead atoms. The Morgan fingerprint density at radius 2 is 1.86 bits per heavy atom. The maximum absolute atomic E-state index is 12.6. The largest absolute Gasteiger partial charge is 0.468 e. The van der Waals surface area contributed by atoms with Crippen LogP contribution in [0.3, 0.4) is 0 Å². The molecule has 1 aliphatic heterocycles. The first kappa shape index (κ1) is 20.4. The summed E-state index contributed by atoms with van der Waals surface area (Å²) in [6.45, 7) is 0.688. The van der Waals surface area contributed by atoms with Crippen molar-refractivity contribution in [2.75, 3.05) is 33.3 Å². The molecule has 0 saturated carbocycles. The van der Waals surface area contributed by atoms with Gasteiger partial charge in [0.25, 0.3) is 5.91 Å². The second kappa shape index (κ2) is 8.76. The maximum atomic E-state index is 12.6. The summed E-state index contributed by atoms with van der Waals surface area (Å²) in [4.78, 5) is 35.3. The zero-order valence-corrected chi connectivity index (χ0v) is 15.9. The lowest BCUT2D eigenvalue weighted by Gasteiger charge is -2.37.